The van der Waals surface area contributed by atoms with Crippen LogP contribution in [-0.2, 0) is 17.6 Å². The highest BCUT2D eigenvalue weighted by molar-refractivity contribution is 7.11. The van der Waals surface area contributed by atoms with Gasteiger partial charge in [0.05, 0.1) is 23.7 Å². The Bertz CT molecular complexity index is 610. The van der Waals surface area contributed by atoms with Gasteiger partial charge in [-0.15, -0.1) is 11.3 Å². The molecule has 1 aromatic carbocycles. The van der Waals surface area contributed by atoms with E-state index in [9.17, 15) is 4.79 Å². The second-order valence-electron chi connectivity index (χ2n) is 4.56. The van der Waals surface area contributed by atoms with Gasteiger partial charge in [0.1, 0.15) is 5.75 Å². The number of hydrogen-bond donors (Lipinski definition) is 1. The summed E-state index contributed by atoms with van der Waals surface area (Å²) < 4.78 is 5.63. The molecule has 6 heteroatoms. The Morgan fingerprint density at radius 2 is 2.05 bits per heavy atom. The smallest absolute Gasteiger partial charge is 0.303 e. The standard InChI is InChI=1S/C15H16ClNO3S/c1-10-13(6-7-15(18)19)21-14(17-10)8-9-20-12-4-2-11(16)3-5-12/h2-5H,6-9H2,1H3,(H,18,19). The van der Waals surface area contributed by atoms with Gasteiger partial charge in [0.25, 0.3) is 0 Å². The Balaban J connectivity index is 1.84. The van der Waals surface area contributed by atoms with Gasteiger partial charge in [0.2, 0.25) is 0 Å². The highest BCUT2D eigenvalue weighted by Gasteiger charge is 2.09. The normalized spacial score (nSPS) is 10.6. The lowest BCUT2D eigenvalue weighted by atomic mass is 10.2. The molecule has 0 fully saturated rings. The number of thiazole rings is 1. The predicted octanol–water partition coefficient (Wildman–Crippen LogP) is 3.74. The van der Waals surface area contributed by atoms with E-state index in [1.165, 1.54) is 0 Å². The average molecular weight is 326 g/mol. The van der Waals surface area contributed by atoms with Crippen LogP contribution >= 0.6 is 22.9 Å². The number of nitrogens with zero attached hydrogens (tertiary/aromatic N) is 1. The third-order valence-electron chi connectivity index (χ3n) is 2.90. The maximum absolute atomic E-state index is 10.6. The fraction of sp³-hybridized carbons (Fsp3) is 0.333. The van der Waals surface area contributed by atoms with Crippen molar-refractivity contribution < 1.29 is 14.6 Å². The molecular formula is C15H16ClNO3S. The lowest BCUT2D eigenvalue weighted by Gasteiger charge is -2.04. The van der Waals surface area contributed by atoms with Crippen LogP contribution in [0.15, 0.2) is 24.3 Å². The Morgan fingerprint density at radius 1 is 1.33 bits per heavy atom. The molecule has 2 rings (SSSR count). The van der Waals surface area contributed by atoms with Crippen LogP contribution in [0, 0.1) is 6.92 Å². The van der Waals surface area contributed by atoms with Crippen molar-refractivity contribution in [3.8, 4) is 5.75 Å². The van der Waals surface area contributed by atoms with E-state index in [0.29, 0.717) is 24.5 Å². The van der Waals surface area contributed by atoms with Crippen LogP contribution in [0.2, 0.25) is 5.02 Å². The molecule has 0 saturated heterocycles. The molecule has 0 aliphatic rings. The van der Waals surface area contributed by atoms with Gasteiger partial charge in [-0.2, -0.15) is 0 Å². The molecule has 1 aromatic heterocycles. The van der Waals surface area contributed by atoms with Crippen LogP contribution in [0.5, 0.6) is 5.75 Å². The zero-order chi connectivity index (χ0) is 15.2. The molecule has 0 aliphatic heterocycles. The molecule has 0 amide bonds. The second kappa shape index (κ2) is 7.43. The van der Waals surface area contributed by atoms with Crippen molar-refractivity contribution in [1.82, 2.24) is 4.98 Å². The lowest BCUT2D eigenvalue weighted by Crippen LogP contribution is -2.00. The number of benzene rings is 1. The topological polar surface area (TPSA) is 59.4 Å². The van der Waals surface area contributed by atoms with Crippen LogP contribution < -0.4 is 4.74 Å². The fourth-order valence-electron chi connectivity index (χ4n) is 1.83. The van der Waals surface area contributed by atoms with E-state index in [1.54, 1.807) is 23.5 Å². The minimum atomic E-state index is -0.782. The first kappa shape index (κ1) is 15.8. The van der Waals surface area contributed by atoms with Crippen molar-refractivity contribution in [3.63, 3.8) is 0 Å². The van der Waals surface area contributed by atoms with Crippen LogP contribution in [0.1, 0.15) is 22.0 Å². The quantitative estimate of drug-likeness (QED) is 0.842. The minimum Gasteiger partial charge on any atom is -0.493 e. The van der Waals surface area contributed by atoms with Gasteiger partial charge in [-0.25, -0.2) is 4.98 Å². The molecule has 0 bridgehead atoms. The first-order valence-corrected chi connectivity index (χ1v) is 7.79. The first-order chi connectivity index (χ1) is 10.0. The largest absolute Gasteiger partial charge is 0.493 e. The van der Waals surface area contributed by atoms with E-state index in [0.717, 1.165) is 21.3 Å². The molecule has 21 heavy (non-hydrogen) atoms. The van der Waals surface area contributed by atoms with Crippen molar-refractivity contribution in [2.24, 2.45) is 0 Å². The molecule has 1 N–H and O–H groups in total. The Labute approximate surface area is 132 Å². The van der Waals surface area contributed by atoms with E-state index in [4.69, 9.17) is 21.4 Å². The summed E-state index contributed by atoms with van der Waals surface area (Å²) in [6.07, 6.45) is 1.39. The zero-order valence-electron chi connectivity index (χ0n) is 11.6. The molecule has 1 heterocycles. The lowest BCUT2D eigenvalue weighted by molar-refractivity contribution is -0.136. The number of aliphatic carboxylic acids is 1. The number of carboxylic acids is 1. The average Bonchev–Trinajstić information content (AvgIpc) is 2.79. The number of hydrogen-bond acceptors (Lipinski definition) is 4. The Hall–Kier alpha value is -1.59. The number of carboxylic acid groups (broad SMARTS) is 1. The number of ether oxygens (including phenoxy) is 1. The van der Waals surface area contributed by atoms with Gasteiger partial charge in [-0.3, -0.25) is 4.79 Å². The van der Waals surface area contributed by atoms with Crippen LogP contribution in [0.4, 0.5) is 0 Å². The highest BCUT2D eigenvalue weighted by atomic mass is 35.5. The van der Waals surface area contributed by atoms with Crippen molar-refractivity contribution in [2.75, 3.05) is 6.61 Å². The molecule has 2 aromatic rings. The molecule has 0 spiro atoms. The molecule has 4 nitrogen and oxygen atoms in total. The molecule has 0 aliphatic carbocycles. The summed E-state index contributed by atoms with van der Waals surface area (Å²) in [6, 6.07) is 7.23. The van der Waals surface area contributed by atoms with Gasteiger partial charge in [0, 0.05) is 16.3 Å². The molecule has 0 atom stereocenters. The molecule has 0 radical (unpaired) electrons. The van der Waals surface area contributed by atoms with E-state index in [-0.39, 0.29) is 6.42 Å². The predicted molar refractivity (Wildman–Crippen MR) is 83.5 cm³/mol. The van der Waals surface area contributed by atoms with E-state index in [2.05, 4.69) is 4.98 Å². The number of halogens is 1. The van der Waals surface area contributed by atoms with Crippen LogP contribution in [0.25, 0.3) is 0 Å². The van der Waals surface area contributed by atoms with Gasteiger partial charge in [0.15, 0.2) is 0 Å². The number of rotatable bonds is 7. The monoisotopic (exact) mass is 325 g/mol. The summed E-state index contributed by atoms with van der Waals surface area (Å²) in [5.41, 5.74) is 0.919. The summed E-state index contributed by atoms with van der Waals surface area (Å²) in [4.78, 5) is 16.1. The van der Waals surface area contributed by atoms with E-state index < -0.39 is 5.97 Å². The van der Waals surface area contributed by atoms with Crippen molar-refractivity contribution in [1.29, 1.82) is 0 Å². The molecule has 0 unspecified atom stereocenters. The summed E-state index contributed by atoms with van der Waals surface area (Å²) in [7, 11) is 0. The summed E-state index contributed by atoms with van der Waals surface area (Å²) >= 11 is 7.37. The van der Waals surface area contributed by atoms with Crippen LogP contribution in [-0.4, -0.2) is 22.7 Å². The fourth-order valence-corrected chi connectivity index (χ4v) is 3.01. The van der Waals surface area contributed by atoms with E-state index in [1.807, 2.05) is 19.1 Å². The summed E-state index contributed by atoms with van der Waals surface area (Å²) in [5.74, 6) is -0.00537. The second-order valence-corrected chi connectivity index (χ2v) is 6.17. The molecular weight excluding hydrogens is 310 g/mol. The highest BCUT2D eigenvalue weighted by Crippen LogP contribution is 2.21. The molecule has 0 saturated carbocycles. The number of aromatic nitrogens is 1. The van der Waals surface area contributed by atoms with Gasteiger partial charge >= 0.3 is 5.97 Å². The third-order valence-corrected chi connectivity index (χ3v) is 4.43. The maximum atomic E-state index is 10.6. The van der Waals surface area contributed by atoms with Crippen molar-refractivity contribution in [2.45, 2.75) is 26.2 Å². The van der Waals surface area contributed by atoms with Crippen molar-refractivity contribution in [3.05, 3.63) is 44.9 Å². The molecule has 112 valence electrons. The summed E-state index contributed by atoms with van der Waals surface area (Å²) in [6.45, 7) is 2.45. The van der Waals surface area contributed by atoms with E-state index >= 15 is 0 Å². The van der Waals surface area contributed by atoms with Gasteiger partial charge < -0.3 is 9.84 Å². The summed E-state index contributed by atoms with van der Waals surface area (Å²) in [5, 5.41) is 10.4. The maximum Gasteiger partial charge on any atom is 0.303 e. The zero-order valence-corrected chi connectivity index (χ0v) is 13.2. The first-order valence-electron chi connectivity index (χ1n) is 6.60. The van der Waals surface area contributed by atoms with Gasteiger partial charge in [-0.05, 0) is 37.6 Å². The third kappa shape index (κ3) is 5.02. The SMILES string of the molecule is Cc1nc(CCOc2ccc(Cl)cc2)sc1CCC(=O)O. The van der Waals surface area contributed by atoms with Crippen molar-refractivity contribution >= 4 is 28.9 Å². The van der Waals surface area contributed by atoms with Gasteiger partial charge in [-0.1, -0.05) is 11.6 Å². The Morgan fingerprint density at radius 3 is 2.71 bits per heavy atom. The Kier molecular flexibility index (Phi) is 5.59. The number of carbonyl (C=O) groups is 1. The minimum absolute atomic E-state index is 0.143. The number of aryl methyl sites for hydroxylation is 2. The van der Waals surface area contributed by atoms with Crippen LogP contribution in [0.3, 0.4) is 0 Å².